The van der Waals surface area contributed by atoms with E-state index in [1.807, 2.05) is 0 Å². The first-order valence-electron chi connectivity index (χ1n) is 8.73. The predicted octanol–water partition coefficient (Wildman–Crippen LogP) is 0.631. The highest BCUT2D eigenvalue weighted by Crippen LogP contribution is 2.18. The summed E-state index contributed by atoms with van der Waals surface area (Å²) in [7, 11) is -2.10. The van der Waals surface area contributed by atoms with Gasteiger partial charge in [-0.2, -0.15) is 9.82 Å². The van der Waals surface area contributed by atoms with E-state index in [0.717, 1.165) is 19.5 Å². The average Bonchev–Trinajstić information content (AvgIpc) is 2.80. The van der Waals surface area contributed by atoms with Crippen LogP contribution in [0.4, 0.5) is 0 Å². The molecule has 0 spiro atoms. The van der Waals surface area contributed by atoms with E-state index in [-0.39, 0.29) is 23.2 Å². The summed E-state index contributed by atoms with van der Waals surface area (Å²) in [5.41, 5.74) is 0.965. The maximum absolute atomic E-state index is 12.6. The van der Waals surface area contributed by atoms with Gasteiger partial charge in [-0.25, -0.2) is 8.42 Å². The van der Waals surface area contributed by atoms with E-state index in [4.69, 9.17) is 0 Å². The minimum absolute atomic E-state index is 0. The Bertz CT molecular complexity index is 714. The maximum Gasteiger partial charge on any atom is 0.244 e. The van der Waals surface area contributed by atoms with Gasteiger partial charge in [-0.3, -0.25) is 9.48 Å². The minimum atomic E-state index is -3.79. The monoisotopic (exact) mass is 407 g/mol. The van der Waals surface area contributed by atoms with Crippen LogP contribution in [0.5, 0.6) is 0 Å². The van der Waals surface area contributed by atoms with Crippen LogP contribution in [0.3, 0.4) is 0 Å². The van der Waals surface area contributed by atoms with Crippen LogP contribution in [0.25, 0.3) is 0 Å². The van der Waals surface area contributed by atoms with Crippen molar-refractivity contribution in [2.45, 2.75) is 51.0 Å². The number of hydrogen-bond donors (Lipinski definition) is 3. The van der Waals surface area contributed by atoms with Crippen LogP contribution in [0.1, 0.15) is 37.6 Å². The van der Waals surface area contributed by atoms with Gasteiger partial charge in [0.2, 0.25) is 15.9 Å². The van der Waals surface area contributed by atoms with Crippen molar-refractivity contribution >= 4 is 28.3 Å². The second-order valence-corrected chi connectivity index (χ2v) is 8.41. The van der Waals surface area contributed by atoms with Crippen molar-refractivity contribution in [2.24, 2.45) is 13.0 Å². The molecule has 1 amide bonds. The molecule has 26 heavy (non-hydrogen) atoms. The molecule has 8 nitrogen and oxygen atoms in total. The highest BCUT2D eigenvalue weighted by Gasteiger charge is 2.27. The number of nitrogens with zero attached hydrogens (tertiary/aromatic N) is 2. The largest absolute Gasteiger partial charge is 0.355 e. The molecule has 1 aliphatic rings. The Morgan fingerprint density at radius 3 is 2.65 bits per heavy atom. The maximum atomic E-state index is 12.6. The lowest BCUT2D eigenvalue weighted by atomic mass is 9.96. The molecule has 0 aliphatic carbocycles. The minimum Gasteiger partial charge on any atom is -0.355 e. The summed E-state index contributed by atoms with van der Waals surface area (Å²) in [6.07, 6.45) is 3.24. The number of carbonyl (C=O) groups is 1. The molecule has 0 aromatic carbocycles. The van der Waals surface area contributed by atoms with E-state index in [2.05, 4.69) is 20.5 Å². The number of carbonyl (C=O) groups excluding carboxylic acids is 1. The molecule has 0 bridgehead atoms. The normalized spacial score (nSPS) is 18.8. The van der Waals surface area contributed by atoms with E-state index in [9.17, 15) is 13.2 Å². The van der Waals surface area contributed by atoms with Crippen molar-refractivity contribution < 1.29 is 13.2 Å². The number of amides is 1. The van der Waals surface area contributed by atoms with E-state index < -0.39 is 16.1 Å². The molecular formula is C16H30ClN5O3S. The number of rotatable bonds is 7. The predicted molar refractivity (Wildman–Crippen MR) is 103 cm³/mol. The van der Waals surface area contributed by atoms with Gasteiger partial charge < -0.3 is 10.6 Å². The smallest absolute Gasteiger partial charge is 0.244 e. The van der Waals surface area contributed by atoms with E-state index in [0.29, 0.717) is 23.9 Å². The highest BCUT2D eigenvalue weighted by atomic mass is 35.5. The van der Waals surface area contributed by atoms with Crippen molar-refractivity contribution in [3.05, 3.63) is 11.4 Å². The first-order chi connectivity index (χ1) is 11.7. The third-order valence-electron chi connectivity index (χ3n) is 4.69. The molecule has 0 saturated carbocycles. The van der Waals surface area contributed by atoms with Gasteiger partial charge in [0, 0.05) is 13.6 Å². The summed E-state index contributed by atoms with van der Waals surface area (Å²) in [6, 6.07) is -0.839. The zero-order valence-electron chi connectivity index (χ0n) is 15.8. The molecular weight excluding hydrogens is 378 g/mol. The first-order valence-corrected chi connectivity index (χ1v) is 10.2. The fourth-order valence-corrected chi connectivity index (χ4v) is 4.85. The molecule has 3 N–H and O–H groups in total. The summed E-state index contributed by atoms with van der Waals surface area (Å²) in [6.45, 7) is 7.49. The van der Waals surface area contributed by atoms with Gasteiger partial charge in [0.1, 0.15) is 4.90 Å². The zero-order chi connectivity index (χ0) is 18.6. The highest BCUT2D eigenvalue weighted by molar-refractivity contribution is 7.89. The standard InChI is InChI=1S/C16H29N5O3S.ClH/c1-11-15(13(3)21(4)19-11)25(23,24)20-12(2)16(22)18-9-7-14-6-5-8-17-10-14;/h12,14,17,20H,5-10H2,1-4H3,(H,18,22);1H. The van der Waals surface area contributed by atoms with E-state index in [1.54, 1.807) is 27.8 Å². The molecule has 1 aliphatic heterocycles. The lowest BCUT2D eigenvalue weighted by Gasteiger charge is -2.23. The molecule has 2 atom stereocenters. The van der Waals surface area contributed by atoms with Crippen molar-refractivity contribution in [1.82, 2.24) is 25.1 Å². The molecule has 1 saturated heterocycles. The number of nitrogens with one attached hydrogen (secondary N) is 3. The van der Waals surface area contributed by atoms with Gasteiger partial charge in [-0.05, 0) is 59.0 Å². The van der Waals surface area contributed by atoms with Gasteiger partial charge >= 0.3 is 0 Å². The Balaban J connectivity index is 0.00000338. The molecule has 1 aromatic heterocycles. The second-order valence-electron chi connectivity index (χ2n) is 6.76. The zero-order valence-corrected chi connectivity index (χ0v) is 17.5. The summed E-state index contributed by atoms with van der Waals surface area (Å²) in [5.74, 6) is 0.258. The van der Waals surface area contributed by atoms with Gasteiger partial charge in [-0.1, -0.05) is 0 Å². The molecule has 2 heterocycles. The average molecular weight is 408 g/mol. The number of hydrogen-bond acceptors (Lipinski definition) is 5. The third-order valence-corrected chi connectivity index (χ3v) is 6.48. The number of piperidine rings is 1. The molecule has 1 fully saturated rings. The Morgan fingerprint density at radius 2 is 2.12 bits per heavy atom. The van der Waals surface area contributed by atoms with Crippen LogP contribution < -0.4 is 15.4 Å². The summed E-state index contributed by atoms with van der Waals surface area (Å²) >= 11 is 0. The van der Waals surface area contributed by atoms with Crippen molar-refractivity contribution in [3.63, 3.8) is 0 Å². The van der Waals surface area contributed by atoms with Gasteiger partial charge in [0.05, 0.1) is 17.4 Å². The molecule has 1 aromatic rings. The SMILES string of the molecule is Cc1nn(C)c(C)c1S(=O)(=O)NC(C)C(=O)NCCC1CCCNC1.Cl. The molecule has 0 radical (unpaired) electrons. The van der Waals surface area contributed by atoms with E-state index >= 15 is 0 Å². The number of aromatic nitrogens is 2. The van der Waals surface area contributed by atoms with Crippen LogP contribution in [0.2, 0.25) is 0 Å². The Kier molecular flexibility index (Phi) is 8.52. The molecule has 10 heteroatoms. The Morgan fingerprint density at radius 1 is 1.42 bits per heavy atom. The topological polar surface area (TPSA) is 105 Å². The van der Waals surface area contributed by atoms with Crippen LogP contribution in [-0.4, -0.2) is 49.8 Å². The van der Waals surface area contributed by atoms with Crippen molar-refractivity contribution in [3.8, 4) is 0 Å². The first kappa shape index (κ1) is 22.9. The van der Waals surface area contributed by atoms with Crippen LogP contribution >= 0.6 is 12.4 Å². The Labute approximate surface area is 162 Å². The fraction of sp³-hybridized carbons (Fsp3) is 0.750. The summed E-state index contributed by atoms with van der Waals surface area (Å²) in [4.78, 5) is 12.3. The van der Waals surface area contributed by atoms with Crippen LogP contribution in [0.15, 0.2) is 4.90 Å². The molecule has 2 rings (SSSR count). The van der Waals surface area contributed by atoms with Gasteiger partial charge in [-0.15, -0.1) is 12.4 Å². The number of sulfonamides is 1. The van der Waals surface area contributed by atoms with Gasteiger partial charge in [0.25, 0.3) is 0 Å². The molecule has 150 valence electrons. The number of halogens is 1. The van der Waals surface area contributed by atoms with Gasteiger partial charge in [0.15, 0.2) is 0 Å². The second kappa shape index (κ2) is 9.68. The molecule has 2 unspecified atom stereocenters. The van der Waals surface area contributed by atoms with Crippen molar-refractivity contribution in [2.75, 3.05) is 19.6 Å². The summed E-state index contributed by atoms with van der Waals surface area (Å²) in [5, 5.41) is 10.3. The Hall–Kier alpha value is -1.16. The third kappa shape index (κ3) is 5.67. The van der Waals surface area contributed by atoms with Crippen LogP contribution in [0, 0.1) is 19.8 Å². The lowest BCUT2D eigenvalue weighted by molar-refractivity contribution is -0.122. The summed E-state index contributed by atoms with van der Waals surface area (Å²) < 4.78 is 29.1. The lowest BCUT2D eigenvalue weighted by Crippen LogP contribution is -2.45. The van der Waals surface area contributed by atoms with E-state index in [1.165, 1.54) is 17.5 Å². The number of aryl methyl sites for hydroxylation is 2. The quantitative estimate of drug-likeness (QED) is 0.614. The van der Waals surface area contributed by atoms with Crippen LogP contribution in [-0.2, 0) is 21.9 Å². The fourth-order valence-electron chi connectivity index (χ4n) is 3.21. The van der Waals surface area contributed by atoms with Crippen molar-refractivity contribution in [1.29, 1.82) is 0 Å².